The third kappa shape index (κ3) is 5.79. The fourth-order valence-corrected chi connectivity index (χ4v) is 3.20. The lowest BCUT2D eigenvalue weighted by molar-refractivity contribution is -0.153. The number of rotatable bonds is 8. The quantitative estimate of drug-likeness (QED) is 0.665. The molecule has 0 aliphatic rings. The second-order valence-electron chi connectivity index (χ2n) is 5.25. The topological polar surface area (TPSA) is 69.7 Å². The lowest BCUT2D eigenvalue weighted by atomic mass is 9.94. The van der Waals surface area contributed by atoms with Crippen molar-refractivity contribution in [1.29, 1.82) is 0 Å². The molecule has 0 fully saturated rings. The monoisotopic (exact) mass is 362 g/mol. The zero-order chi connectivity index (χ0) is 17.6. The summed E-state index contributed by atoms with van der Waals surface area (Å²) in [7, 11) is -3.32. The molecule has 1 aromatic rings. The van der Waals surface area contributed by atoms with Crippen LogP contribution in [0.5, 0.6) is 0 Å². The molecule has 1 aromatic carbocycles. The summed E-state index contributed by atoms with van der Waals surface area (Å²) in [6.45, 7) is 6.18. The fraction of sp³-hybridized carbons (Fsp3) is 0.562. The van der Waals surface area contributed by atoms with E-state index in [1.165, 1.54) is 12.1 Å². The Balaban J connectivity index is 3.06. The highest BCUT2D eigenvalue weighted by atomic mass is 35.5. The first-order chi connectivity index (χ1) is 10.7. The summed E-state index contributed by atoms with van der Waals surface area (Å²) in [5.41, 5.74) is 0.684. The van der Waals surface area contributed by atoms with Crippen molar-refractivity contribution in [3.05, 3.63) is 28.8 Å². The molecule has 0 saturated carbocycles. The van der Waals surface area contributed by atoms with Gasteiger partial charge in [-0.15, -0.1) is 0 Å². The van der Waals surface area contributed by atoms with Crippen molar-refractivity contribution in [3.63, 3.8) is 0 Å². The lowest BCUT2D eigenvalue weighted by Crippen LogP contribution is -2.32. The Morgan fingerprint density at radius 3 is 2.39 bits per heavy atom. The Kier molecular flexibility index (Phi) is 7.51. The van der Waals surface area contributed by atoms with Crippen molar-refractivity contribution in [2.24, 2.45) is 5.92 Å². The summed E-state index contributed by atoms with van der Waals surface area (Å²) in [6.07, 6.45) is 1.12. The van der Waals surface area contributed by atoms with E-state index in [0.29, 0.717) is 23.6 Å². The second kappa shape index (κ2) is 8.66. The van der Waals surface area contributed by atoms with E-state index in [1.807, 2.05) is 13.8 Å². The number of hydrogen-bond donors (Lipinski definition) is 0. The van der Waals surface area contributed by atoms with Crippen LogP contribution in [0.2, 0.25) is 5.02 Å². The summed E-state index contributed by atoms with van der Waals surface area (Å²) < 4.78 is 33.7. The Hall–Kier alpha value is -1.11. The predicted octanol–water partition coefficient (Wildman–Crippen LogP) is 2.89. The molecule has 0 saturated heterocycles. The van der Waals surface area contributed by atoms with Gasteiger partial charge in [0.25, 0.3) is 0 Å². The highest BCUT2D eigenvalue weighted by Gasteiger charge is 2.28. The minimum Gasteiger partial charge on any atom is -0.466 e. The Labute approximate surface area is 142 Å². The van der Waals surface area contributed by atoms with E-state index in [9.17, 15) is 13.2 Å². The molecule has 130 valence electrons. The molecule has 2 unspecified atom stereocenters. The van der Waals surface area contributed by atoms with E-state index in [4.69, 9.17) is 21.1 Å². The maximum Gasteiger partial charge on any atom is 0.311 e. The summed E-state index contributed by atoms with van der Waals surface area (Å²) in [6, 6.07) is 4.52. The minimum atomic E-state index is -3.32. The molecular weight excluding hydrogens is 340 g/mol. The van der Waals surface area contributed by atoms with Crippen molar-refractivity contribution in [2.45, 2.75) is 38.2 Å². The van der Waals surface area contributed by atoms with Gasteiger partial charge in [0.1, 0.15) is 0 Å². The second-order valence-corrected chi connectivity index (χ2v) is 7.67. The third-order valence-electron chi connectivity index (χ3n) is 3.48. The van der Waals surface area contributed by atoms with Crippen molar-refractivity contribution in [2.75, 3.05) is 19.5 Å². The first-order valence-corrected chi connectivity index (χ1v) is 9.74. The van der Waals surface area contributed by atoms with Crippen LogP contribution in [0.3, 0.4) is 0 Å². The molecule has 0 aromatic heterocycles. The lowest BCUT2D eigenvalue weighted by Gasteiger charge is -2.22. The molecule has 7 heteroatoms. The molecule has 1 rings (SSSR count). The highest BCUT2D eigenvalue weighted by molar-refractivity contribution is 7.90. The number of halogens is 1. The van der Waals surface area contributed by atoms with Gasteiger partial charge in [-0.3, -0.25) is 4.79 Å². The molecule has 23 heavy (non-hydrogen) atoms. The van der Waals surface area contributed by atoms with Gasteiger partial charge in [-0.25, -0.2) is 8.42 Å². The molecule has 5 nitrogen and oxygen atoms in total. The Morgan fingerprint density at radius 2 is 1.91 bits per heavy atom. The number of carbonyl (C=O) groups excluding carboxylic acids is 1. The van der Waals surface area contributed by atoms with Crippen LogP contribution in [0, 0.1) is 5.92 Å². The highest BCUT2D eigenvalue weighted by Crippen LogP contribution is 2.25. The fourth-order valence-electron chi connectivity index (χ4n) is 2.23. The maximum atomic E-state index is 12.2. The van der Waals surface area contributed by atoms with Crippen LogP contribution in [0.15, 0.2) is 23.1 Å². The van der Waals surface area contributed by atoms with Gasteiger partial charge in [0.15, 0.2) is 9.84 Å². The normalized spacial score (nSPS) is 14.3. The van der Waals surface area contributed by atoms with Crippen molar-refractivity contribution in [3.8, 4) is 0 Å². The molecule has 0 bridgehead atoms. The van der Waals surface area contributed by atoms with Gasteiger partial charge in [0.05, 0.1) is 23.5 Å². The summed E-state index contributed by atoms with van der Waals surface area (Å²) in [5, 5.41) is 0.311. The van der Waals surface area contributed by atoms with Crippen LogP contribution < -0.4 is 0 Å². The van der Waals surface area contributed by atoms with Gasteiger partial charge in [-0.1, -0.05) is 17.7 Å². The smallest absolute Gasteiger partial charge is 0.311 e. The molecule has 0 amide bonds. The van der Waals surface area contributed by atoms with Crippen molar-refractivity contribution >= 4 is 27.4 Å². The number of benzene rings is 1. The maximum absolute atomic E-state index is 12.2. The average molecular weight is 363 g/mol. The van der Waals surface area contributed by atoms with Crippen LogP contribution in [0.4, 0.5) is 0 Å². The van der Waals surface area contributed by atoms with Gasteiger partial charge in [0.2, 0.25) is 0 Å². The number of esters is 1. The van der Waals surface area contributed by atoms with Gasteiger partial charge in [-0.05, 0) is 44.9 Å². The largest absolute Gasteiger partial charge is 0.466 e. The molecule has 0 radical (unpaired) electrons. The van der Waals surface area contributed by atoms with Gasteiger partial charge >= 0.3 is 5.97 Å². The Bertz CT molecular complexity index is 642. The van der Waals surface area contributed by atoms with Crippen molar-refractivity contribution < 1.29 is 22.7 Å². The van der Waals surface area contributed by atoms with Crippen molar-refractivity contribution in [1.82, 2.24) is 0 Å². The molecule has 0 spiro atoms. The SMILES string of the molecule is CCOC(=O)C(Cc1ccc(S(C)(=O)=O)cc1Cl)C(C)OCC. The van der Waals surface area contributed by atoms with Gasteiger partial charge < -0.3 is 9.47 Å². The molecular formula is C16H23ClO5S. The zero-order valence-electron chi connectivity index (χ0n) is 13.8. The standard InChI is InChI=1S/C16H23ClO5S/c1-5-21-11(3)14(16(18)22-6-2)9-12-7-8-13(10-15(12)17)23(4,19)20/h7-8,10-11,14H,5-6,9H2,1-4H3. The van der Waals surface area contributed by atoms with E-state index in [0.717, 1.165) is 6.26 Å². The minimum absolute atomic E-state index is 0.150. The predicted molar refractivity (Wildman–Crippen MR) is 89.5 cm³/mol. The first-order valence-electron chi connectivity index (χ1n) is 7.47. The van der Waals surface area contributed by atoms with E-state index in [2.05, 4.69) is 0 Å². The van der Waals surface area contributed by atoms with E-state index in [1.54, 1.807) is 13.0 Å². The summed E-state index contributed by atoms with van der Waals surface area (Å²) in [4.78, 5) is 12.3. The Morgan fingerprint density at radius 1 is 1.26 bits per heavy atom. The molecule has 0 aliphatic carbocycles. The third-order valence-corrected chi connectivity index (χ3v) is 4.94. The van der Waals surface area contributed by atoms with Gasteiger partial charge in [0, 0.05) is 17.9 Å². The number of ether oxygens (including phenoxy) is 2. The number of carbonyl (C=O) groups is 1. The molecule has 2 atom stereocenters. The zero-order valence-corrected chi connectivity index (χ0v) is 15.4. The first kappa shape index (κ1) is 19.9. The number of sulfone groups is 1. The van der Waals surface area contributed by atoms with Crippen LogP contribution in [-0.2, 0) is 30.5 Å². The molecule has 0 aliphatic heterocycles. The van der Waals surface area contributed by atoms with Gasteiger partial charge in [-0.2, -0.15) is 0 Å². The summed E-state index contributed by atoms with van der Waals surface area (Å²) >= 11 is 6.19. The number of hydrogen-bond acceptors (Lipinski definition) is 5. The van der Waals surface area contributed by atoms with E-state index >= 15 is 0 Å². The summed E-state index contributed by atoms with van der Waals surface area (Å²) in [5.74, 6) is -0.854. The molecule has 0 N–H and O–H groups in total. The molecule has 0 heterocycles. The van der Waals surface area contributed by atoms with Crippen LogP contribution in [0.25, 0.3) is 0 Å². The van der Waals surface area contributed by atoms with Crippen LogP contribution >= 0.6 is 11.6 Å². The van der Waals surface area contributed by atoms with Crippen LogP contribution in [-0.4, -0.2) is 40.0 Å². The van der Waals surface area contributed by atoms with Crippen LogP contribution in [0.1, 0.15) is 26.3 Å². The van der Waals surface area contributed by atoms with E-state index < -0.39 is 15.8 Å². The van der Waals surface area contributed by atoms with E-state index in [-0.39, 0.29) is 23.6 Å². The average Bonchev–Trinajstić information content (AvgIpc) is 2.45.